The van der Waals surface area contributed by atoms with Crippen LogP contribution in [0.2, 0.25) is 0 Å². The van der Waals surface area contributed by atoms with Gasteiger partial charge in [0.2, 0.25) is 0 Å². The molecule has 0 bridgehead atoms. The summed E-state index contributed by atoms with van der Waals surface area (Å²) in [7, 11) is 0. The molecule has 0 aliphatic heterocycles. The van der Waals surface area contributed by atoms with E-state index in [0.29, 0.717) is 6.04 Å². The summed E-state index contributed by atoms with van der Waals surface area (Å²) in [5, 5.41) is 3.75. The highest BCUT2D eigenvalue weighted by Gasteiger charge is 2.19. The Bertz CT molecular complexity index is 406. The largest absolute Gasteiger partial charge is 0.310 e. The molecule has 2 rings (SSSR count). The van der Waals surface area contributed by atoms with Gasteiger partial charge in [-0.25, -0.2) is 0 Å². The number of benzene rings is 1. The molecule has 1 fully saturated rings. The Morgan fingerprint density at radius 2 is 1.81 bits per heavy atom. The third-order valence-electron chi connectivity index (χ3n) is 4.88. The Hall–Kier alpha value is -0.820. The van der Waals surface area contributed by atoms with Crippen LogP contribution in [-0.2, 0) is 6.42 Å². The second kappa shape index (κ2) is 7.98. The van der Waals surface area contributed by atoms with E-state index in [2.05, 4.69) is 57.3 Å². The molecule has 1 aliphatic carbocycles. The summed E-state index contributed by atoms with van der Waals surface area (Å²) >= 11 is 0. The smallest absolute Gasteiger partial charge is 0.0291 e. The van der Waals surface area contributed by atoms with Gasteiger partial charge >= 0.3 is 0 Å². The monoisotopic (exact) mass is 287 g/mol. The van der Waals surface area contributed by atoms with Gasteiger partial charge in [0.15, 0.2) is 0 Å². The van der Waals surface area contributed by atoms with Crippen molar-refractivity contribution >= 4 is 0 Å². The molecule has 1 aromatic carbocycles. The molecule has 1 aromatic rings. The van der Waals surface area contributed by atoms with Crippen molar-refractivity contribution in [2.24, 2.45) is 17.8 Å². The van der Waals surface area contributed by atoms with E-state index in [1.807, 2.05) is 0 Å². The van der Waals surface area contributed by atoms with Crippen molar-refractivity contribution in [2.75, 3.05) is 6.54 Å². The van der Waals surface area contributed by atoms with Crippen LogP contribution in [0.4, 0.5) is 0 Å². The third-order valence-corrected chi connectivity index (χ3v) is 4.88. The first-order valence-corrected chi connectivity index (χ1v) is 8.86. The standard InChI is InChI=1S/C20H33N/c1-15(2)12-18-8-10-20(11-9-18)17(4)21-14-19-7-5-6-16(3)13-19/h8-11,15-17,19,21H,5-7,12-14H2,1-4H3. The van der Waals surface area contributed by atoms with Gasteiger partial charge in [0, 0.05) is 6.04 Å². The van der Waals surface area contributed by atoms with Crippen molar-refractivity contribution in [3.8, 4) is 0 Å². The summed E-state index contributed by atoms with van der Waals surface area (Å²) in [6.07, 6.45) is 6.86. The Kier molecular flexibility index (Phi) is 6.29. The number of nitrogens with one attached hydrogen (secondary N) is 1. The van der Waals surface area contributed by atoms with Gasteiger partial charge in [-0.15, -0.1) is 0 Å². The number of hydrogen-bond donors (Lipinski definition) is 1. The van der Waals surface area contributed by atoms with Gasteiger partial charge in [-0.3, -0.25) is 0 Å². The molecule has 3 unspecified atom stereocenters. The van der Waals surface area contributed by atoms with Gasteiger partial charge in [0.05, 0.1) is 0 Å². The van der Waals surface area contributed by atoms with Crippen LogP contribution in [0, 0.1) is 17.8 Å². The Morgan fingerprint density at radius 1 is 1.10 bits per heavy atom. The van der Waals surface area contributed by atoms with E-state index in [9.17, 15) is 0 Å². The molecule has 0 spiro atoms. The lowest BCUT2D eigenvalue weighted by molar-refractivity contribution is 0.268. The first-order chi connectivity index (χ1) is 10.0. The van der Waals surface area contributed by atoms with Crippen LogP contribution in [0.25, 0.3) is 0 Å². The lowest BCUT2D eigenvalue weighted by Gasteiger charge is -2.28. The van der Waals surface area contributed by atoms with E-state index >= 15 is 0 Å². The second-order valence-corrected chi connectivity index (χ2v) is 7.61. The molecule has 1 nitrogen and oxygen atoms in total. The normalized spacial score (nSPS) is 24.2. The maximum absolute atomic E-state index is 3.75. The summed E-state index contributed by atoms with van der Waals surface area (Å²) < 4.78 is 0. The molecule has 0 aromatic heterocycles. The highest BCUT2D eigenvalue weighted by Crippen LogP contribution is 2.28. The molecule has 1 N–H and O–H groups in total. The zero-order valence-corrected chi connectivity index (χ0v) is 14.4. The summed E-state index contributed by atoms with van der Waals surface area (Å²) in [6.45, 7) is 10.4. The molecule has 0 saturated heterocycles. The molecule has 0 radical (unpaired) electrons. The topological polar surface area (TPSA) is 12.0 Å². The molecule has 0 amide bonds. The van der Waals surface area contributed by atoms with Crippen molar-refractivity contribution in [2.45, 2.75) is 65.8 Å². The Balaban J connectivity index is 1.81. The quantitative estimate of drug-likeness (QED) is 0.742. The highest BCUT2D eigenvalue weighted by molar-refractivity contribution is 5.25. The van der Waals surface area contributed by atoms with Crippen LogP contribution in [0.15, 0.2) is 24.3 Å². The van der Waals surface area contributed by atoms with E-state index in [0.717, 1.165) is 17.8 Å². The average Bonchev–Trinajstić information content (AvgIpc) is 2.45. The van der Waals surface area contributed by atoms with E-state index < -0.39 is 0 Å². The van der Waals surface area contributed by atoms with Gasteiger partial charge in [-0.1, -0.05) is 57.9 Å². The van der Waals surface area contributed by atoms with Crippen LogP contribution >= 0.6 is 0 Å². The minimum Gasteiger partial charge on any atom is -0.310 e. The fraction of sp³-hybridized carbons (Fsp3) is 0.700. The van der Waals surface area contributed by atoms with Crippen LogP contribution in [0.1, 0.15) is 70.5 Å². The SMILES string of the molecule is CC(C)Cc1ccc(C(C)NCC2CCCC(C)C2)cc1. The molecule has 21 heavy (non-hydrogen) atoms. The van der Waals surface area contributed by atoms with Gasteiger partial charge in [0.1, 0.15) is 0 Å². The van der Waals surface area contributed by atoms with Crippen LogP contribution in [0.3, 0.4) is 0 Å². The van der Waals surface area contributed by atoms with E-state index in [1.165, 1.54) is 49.8 Å². The molecule has 0 heterocycles. The van der Waals surface area contributed by atoms with E-state index in [4.69, 9.17) is 0 Å². The lowest BCUT2D eigenvalue weighted by Crippen LogP contribution is -2.28. The molecule has 3 atom stereocenters. The fourth-order valence-electron chi connectivity index (χ4n) is 3.62. The van der Waals surface area contributed by atoms with Crippen LogP contribution in [-0.4, -0.2) is 6.54 Å². The van der Waals surface area contributed by atoms with Gasteiger partial charge in [-0.2, -0.15) is 0 Å². The number of hydrogen-bond acceptors (Lipinski definition) is 1. The number of rotatable bonds is 6. The Morgan fingerprint density at radius 3 is 2.43 bits per heavy atom. The van der Waals surface area contributed by atoms with Gasteiger partial charge in [-0.05, 0) is 61.6 Å². The highest BCUT2D eigenvalue weighted by atomic mass is 14.9. The molecular formula is C20H33N. The summed E-state index contributed by atoms with van der Waals surface area (Å²) in [4.78, 5) is 0. The minimum absolute atomic E-state index is 0.468. The first-order valence-electron chi connectivity index (χ1n) is 8.86. The van der Waals surface area contributed by atoms with Crippen LogP contribution < -0.4 is 5.32 Å². The van der Waals surface area contributed by atoms with Crippen molar-refractivity contribution in [3.05, 3.63) is 35.4 Å². The minimum atomic E-state index is 0.468. The first kappa shape index (κ1) is 16.5. The second-order valence-electron chi connectivity index (χ2n) is 7.61. The summed E-state index contributed by atoms with van der Waals surface area (Å²) in [5.74, 6) is 2.55. The van der Waals surface area contributed by atoms with Gasteiger partial charge in [0.25, 0.3) is 0 Å². The van der Waals surface area contributed by atoms with Crippen molar-refractivity contribution in [3.63, 3.8) is 0 Å². The molecule has 1 aliphatic rings. The van der Waals surface area contributed by atoms with E-state index in [-0.39, 0.29) is 0 Å². The lowest BCUT2D eigenvalue weighted by atomic mass is 9.82. The van der Waals surface area contributed by atoms with Crippen molar-refractivity contribution in [1.29, 1.82) is 0 Å². The summed E-state index contributed by atoms with van der Waals surface area (Å²) in [5.41, 5.74) is 2.88. The molecule has 118 valence electrons. The molecule has 1 heteroatoms. The maximum atomic E-state index is 3.75. The maximum Gasteiger partial charge on any atom is 0.0291 e. The zero-order chi connectivity index (χ0) is 15.2. The van der Waals surface area contributed by atoms with Crippen molar-refractivity contribution < 1.29 is 0 Å². The average molecular weight is 287 g/mol. The molecule has 1 saturated carbocycles. The Labute approximate surface area is 131 Å². The fourth-order valence-corrected chi connectivity index (χ4v) is 3.62. The van der Waals surface area contributed by atoms with Crippen LogP contribution in [0.5, 0.6) is 0 Å². The molecular weight excluding hydrogens is 254 g/mol. The third kappa shape index (κ3) is 5.47. The predicted octanol–water partition coefficient (Wildman–Crippen LogP) is 5.36. The van der Waals surface area contributed by atoms with E-state index in [1.54, 1.807) is 0 Å². The zero-order valence-electron chi connectivity index (χ0n) is 14.4. The van der Waals surface area contributed by atoms with Gasteiger partial charge < -0.3 is 5.32 Å². The predicted molar refractivity (Wildman–Crippen MR) is 92.5 cm³/mol. The van der Waals surface area contributed by atoms with Crippen molar-refractivity contribution in [1.82, 2.24) is 5.32 Å². The summed E-state index contributed by atoms with van der Waals surface area (Å²) in [6, 6.07) is 9.68.